The van der Waals surface area contributed by atoms with Crippen LogP contribution in [0.3, 0.4) is 0 Å². The fraction of sp³-hybridized carbons (Fsp3) is 0.714. The number of anilines is 2. The van der Waals surface area contributed by atoms with E-state index in [9.17, 15) is 0 Å². The van der Waals surface area contributed by atoms with Crippen molar-refractivity contribution in [3.63, 3.8) is 0 Å². The van der Waals surface area contributed by atoms with Crippen molar-refractivity contribution >= 4 is 11.8 Å². The minimum Gasteiger partial charge on any atom is -0.356 e. The van der Waals surface area contributed by atoms with Crippen LogP contribution in [0.4, 0.5) is 11.8 Å². The van der Waals surface area contributed by atoms with E-state index in [1.165, 1.54) is 19.3 Å². The minimum absolute atomic E-state index is 0.711. The molecule has 0 atom stereocenters. The number of rotatable bonds is 5. The first-order valence-corrected chi connectivity index (χ1v) is 7.07. The molecule has 100 valence electrons. The molecule has 0 radical (unpaired) electrons. The maximum absolute atomic E-state index is 4.60. The van der Waals surface area contributed by atoms with E-state index in [-0.39, 0.29) is 0 Å². The molecule has 1 aromatic heterocycles. The Labute approximate surface area is 110 Å². The molecule has 1 fully saturated rings. The Balaban J connectivity index is 1.91. The minimum atomic E-state index is 0.711. The summed E-state index contributed by atoms with van der Waals surface area (Å²) >= 11 is 0. The molecular weight excluding hydrogens is 224 g/mol. The lowest BCUT2D eigenvalue weighted by Crippen LogP contribution is -2.30. The van der Waals surface area contributed by atoms with Crippen LogP contribution in [-0.2, 0) is 0 Å². The van der Waals surface area contributed by atoms with E-state index in [2.05, 4.69) is 34.0 Å². The first kappa shape index (κ1) is 13.1. The smallest absolute Gasteiger partial charge is 0.224 e. The van der Waals surface area contributed by atoms with Crippen LogP contribution < -0.4 is 10.2 Å². The number of piperidine rings is 1. The highest BCUT2D eigenvalue weighted by atomic mass is 15.2. The summed E-state index contributed by atoms with van der Waals surface area (Å²) in [5, 5.41) is 3.31. The van der Waals surface area contributed by atoms with E-state index < -0.39 is 0 Å². The summed E-state index contributed by atoms with van der Waals surface area (Å²) in [7, 11) is 0. The van der Waals surface area contributed by atoms with Gasteiger partial charge in [0.05, 0.1) is 0 Å². The lowest BCUT2D eigenvalue weighted by molar-refractivity contribution is 0.573. The Morgan fingerprint density at radius 1 is 1.28 bits per heavy atom. The molecule has 2 heterocycles. The first-order valence-electron chi connectivity index (χ1n) is 7.07. The van der Waals surface area contributed by atoms with Crippen LogP contribution in [0.15, 0.2) is 12.3 Å². The summed E-state index contributed by atoms with van der Waals surface area (Å²) in [4.78, 5) is 11.2. The average molecular weight is 248 g/mol. The fourth-order valence-electron chi connectivity index (χ4n) is 2.21. The predicted octanol–water partition coefficient (Wildman–Crippen LogP) is 2.92. The molecular formula is C14H24N4. The van der Waals surface area contributed by atoms with Crippen molar-refractivity contribution in [1.29, 1.82) is 0 Å². The molecule has 1 aliphatic heterocycles. The zero-order chi connectivity index (χ0) is 12.8. The van der Waals surface area contributed by atoms with Gasteiger partial charge in [0, 0.05) is 25.8 Å². The van der Waals surface area contributed by atoms with Gasteiger partial charge in [-0.1, -0.05) is 13.8 Å². The van der Waals surface area contributed by atoms with Gasteiger partial charge in [-0.2, -0.15) is 4.98 Å². The third-order valence-electron chi connectivity index (χ3n) is 3.33. The Morgan fingerprint density at radius 2 is 2.06 bits per heavy atom. The molecule has 1 N–H and O–H groups in total. The Kier molecular flexibility index (Phi) is 4.79. The summed E-state index contributed by atoms with van der Waals surface area (Å²) in [6.07, 6.45) is 6.91. The molecule has 0 unspecified atom stereocenters. The van der Waals surface area contributed by atoms with Crippen molar-refractivity contribution < 1.29 is 0 Å². The van der Waals surface area contributed by atoms with Gasteiger partial charge in [0.15, 0.2) is 0 Å². The molecule has 2 rings (SSSR count). The van der Waals surface area contributed by atoms with Gasteiger partial charge in [-0.15, -0.1) is 0 Å². The van der Waals surface area contributed by atoms with E-state index in [4.69, 9.17) is 0 Å². The topological polar surface area (TPSA) is 41.1 Å². The number of nitrogens with one attached hydrogen (secondary N) is 1. The summed E-state index contributed by atoms with van der Waals surface area (Å²) in [6.45, 7) is 7.66. The van der Waals surface area contributed by atoms with Gasteiger partial charge in [-0.05, 0) is 37.7 Å². The Bertz CT molecular complexity index is 359. The molecule has 1 saturated heterocycles. The Hall–Kier alpha value is -1.32. The highest BCUT2D eigenvalue weighted by Gasteiger charge is 2.12. The number of aromatic nitrogens is 2. The van der Waals surface area contributed by atoms with E-state index in [0.29, 0.717) is 5.92 Å². The third-order valence-corrected chi connectivity index (χ3v) is 3.33. The van der Waals surface area contributed by atoms with Crippen LogP contribution in [0.5, 0.6) is 0 Å². The standard InChI is InChI=1S/C14H24N4/c1-12(2)6-8-15-14-16-9-7-13(17-14)18-10-4-3-5-11-18/h7,9,12H,3-6,8,10-11H2,1-2H3,(H,15,16,17). The summed E-state index contributed by atoms with van der Waals surface area (Å²) in [6, 6.07) is 2.01. The van der Waals surface area contributed by atoms with E-state index in [0.717, 1.165) is 37.8 Å². The number of hydrogen-bond donors (Lipinski definition) is 1. The number of hydrogen-bond acceptors (Lipinski definition) is 4. The zero-order valence-electron chi connectivity index (χ0n) is 11.5. The first-order chi connectivity index (χ1) is 8.75. The molecule has 4 heteroatoms. The fourth-order valence-corrected chi connectivity index (χ4v) is 2.21. The summed E-state index contributed by atoms with van der Waals surface area (Å²) < 4.78 is 0. The summed E-state index contributed by atoms with van der Waals surface area (Å²) in [5.41, 5.74) is 0. The third kappa shape index (κ3) is 3.86. The normalized spacial score (nSPS) is 16.1. The monoisotopic (exact) mass is 248 g/mol. The molecule has 1 aliphatic rings. The van der Waals surface area contributed by atoms with Gasteiger partial charge < -0.3 is 10.2 Å². The van der Waals surface area contributed by atoms with Crippen LogP contribution in [0.25, 0.3) is 0 Å². The van der Waals surface area contributed by atoms with Crippen LogP contribution in [0, 0.1) is 5.92 Å². The number of nitrogens with zero attached hydrogens (tertiary/aromatic N) is 3. The van der Waals surface area contributed by atoms with Crippen molar-refractivity contribution in [2.24, 2.45) is 5.92 Å². The van der Waals surface area contributed by atoms with E-state index in [1.54, 1.807) is 0 Å². The summed E-state index contributed by atoms with van der Waals surface area (Å²) in [5.74, 6) is 2.54. The highest BCUT2D eigenvalue weighted by Crippen LogP contribution is 2.17. The molecule has 4 nitrogen and oxygen atoms in total. The molecule has 0 bridgehead atoms. The second-order valence-corrected chi connectivity index (χ2v) is 5.40. The SMILES string of the molecule is CC(C)CCNc1nccc(N2CCCCC2)n1. The van der Waals surface area contributed by atoms with Gasteiger partial charge in [0.25, 0.3) is 0 Å². The van der Waals surface area contributed by atoms with Crippen LogP contribution in [0.2, 0.25) is 0 Å². The largest absolute Gasteiger partial charge is 0.356 e. The van der Waals surface area contributed by atoms with Gasteiger partial charge in [-0.25, -0.2) is 4.98 Å². The van der Waals surface area contributed by atoms with E-state index in [1.807, 2.05) is 12.3 Å². The van der Waals surface area contributed by atoms with Crippen molar-refractivity contribution in [2.75, 3.05) is 29.9 Å². The van der Waals surface area contributed by atoms with Crippen LogP contribution in [-0.4, -0.2) is 29.6 Å². The molecule has 0 aromatic carbocycles. The van der Waals surface area contributed by atoms with Crippen molar-refractivity contribution in [2.45, 2.75) is 39.5 Å². The molecule has 1 aromatic rings. The van der Waals surface area contributed by atoms with Gasteiger partial charge in [-0.3, -0.25) is 0 Å². The van der Waals surface area contributed by atoms with Crippen molar-refractivity contribution in [1.82, 2.24) is 9.97 Å². The molecule has 18 heavy (non-hydrogen) atoms. The maximum atomic E-state index is 4.60. The van der Waals surface area contributed by atoms with Crippen molar-refractivity contribution in [3.05, 3.63) is 12.3 Å². The molecule has 0 spiro atoms. The molecule has 0 amide bonds. The molecule has 0 aliphatic carbocycles. The van der Waals surface area contributed by atoms with Gasteiger partial charge in [0.2, 0.25) is 5.95 Å². The van der Waals surface area contributed by atoms with Gasteiger partial charge in [0.1, 0.15) is 5.82 Å². The van der Waals surface area contributed by atoms with Crippen molar-refractivity contribution in [3.8, 4) is 0 Å². The maximum Gasteiger partial charge on any atom is 0.224 e. The van der Waals surface area contributed by atoms with Crippen LogP contribution in [0.1, 0.15) is 39.5 Å². The highest BCUT2D eigenvalue weighted by molar-refractivity contribution is 5.42. The zero-order valence-corrected chi connectivity index (χ0v) is 11.5. The second-order valence-electron chi connectivity index (χ2n) is 5.40. The Morgan fingerprint density at radius 3 is 2.78 bits per heavy atom. The average Bonchev–Trinajstić information content (AvgIpc) is 2.40. The van der Waals surface area contributed by atoms with Crippen LogP contribution >= 0.6 is 0 Å². The van der Waals surface area contributed by atoms with E-state index >= 15 is 0 Å². The molecule has 0 saturated carbocycles. The lowest BCUT2D eigenvalue weighted by atomic mass is 10.1. The van der Waals surface area contributed by atoms with Gasteiger partial charge >= 0.3 is 0 Å². The predicted molar refractivity (Wildman–Crippen MR) is 76.0 cm³/mol. The second kappa shape index (κ2) is 6.57. The lowest BCUT2D eigenvalue weighted by Gasteiger charge is -2.27. The quantitative estimate of drug-likeness (QED) is 0.870.